The van der Waals surface area contributed by atoms with Crippen molar-refractivity contribution in [3.8, 4) is 11.6 Å². The molecule has 3 heterocycles. The van der Waals surface area contributed by atoms with Gasteiger partial charge in [-0.15, -0.1) is 16.8 Å². The molecule has 1 aliphatic heterocycles. The molecule has 0 saturated carbocycles. The summed E-state index contributed by atoms with van der Waals surface area (Å²) < 4.78 is 5.74. The lowest BCUT2D eigenvalue weighted by Gasteiger charge is -2.46. The van der Waals surface area contributed by atoms with Crippen LogP contribution < -0.4 is 0 Å². The molecule has 0 aliphatic carbocycles. The van der Waals surface area contributed by atoms with Crippen LogP contribution in [0.1, 0.15) is 26.2 Å². The molecule has 1 unspecified atom stereocenters. The van der Waals surface area contributed by atoms with Crippen LogP contribution in [-0.2, 0) is 10.2 Å². The Morgan fingerprint density at radius 1 is 1.50 bits per heavy atom. The van der Waals surface area contributed by atoms with Crippen molar-refractivity contribution >= 4 is 5.91 Å². The highest BCUT2D eigenvalue weighted by Crippen LogP contribution is 2.35. The molecule has 126 valence electrons. The van der Waals surface area contributed by atoms with Gasteiger partial charge in [-0.1, -0.05) is 12.1 Å². The van der Waals surface area contributed by atoms with Gasteiger partial charge in [-0.2, -0.15) is 0 Å². The molecule has 1 N–H and O–H groups in total. The molecule has 0 aromatic carbocycles. The largest absolute Gasteiger partial charge is 0.419 e. The Morgan fingerprint density at radius 3 is 2.88 bits per heavy atom. The lowest BCUT2D eigenvalue weighted by Crippen LogP contribution is -2.60. The van der Waals surface area contributed by atoms with Crippen molar-refractivity contribution in [1.29, 1.82) is 0 Å². The van der Waals surface area contributed by atoms with Gasteiger partial charge >= 0.3 is 0 Å². The molecule has 0 bridgehead atoms. The first kappa shape index (κ1) is 16.3. The van der Waals surface area contributed by atoms with Crippen LogP contribution in [0.4, 0.5) is 0 Å². The third-order valence-electron chi connectivity index (χ3n) is 4.21. The summed E-state index contributed by atoms with van der Waals surface area (Å²) in [5.41, 5.74) is -0.954. The normalized spacial score (nSPS) is 18.5. The van der Waals surface area contributed by atoms with Crippen molar-refractivity contribution < 1.29 is 14.3 Å². The molecule has 1 aliphatic rings. The van der Waals surface area contributed by atoms with Gasteiger partial charge < -0.3 is 14.4 Å². The summed E-state index contributed by atoms with van der Waals surface area (Å²) in [5.74, 6) is 0.732. The zero-order valence-corrected chi connectivity index (χ0v) is 13.8. The molecule has 3 rings (SSSR count). The molecule has 2 aromatic rings. The maximum Gasteiger partial charge on any atom is 0.266 e. The van der Waals surface area contributed by atoms with Crippen molar-refractivity contribution in [2.24, 2.45) is 0 Å². The highest BCUT2D eigenvalue weighted by molar-refractivity contribution is 5.79. The van der Waals surface area contributed by atoms with E-state index in [0.717, 1.165) is 0 Å². The van der Waals surface area contributed by atoms with Crippen LogP contribution in [0.25, 0.3) is 11.6 Å². The molecule has 0 radical (unpaired) electrons. The Morgan fingerprint density at radius 2 is 2.25 bits per heavy atom. The van der Waals surface area contributed by atoms with Gasteiger partial charge in [-0.3, -0.25) is 9.78 Å². The van der Waals surface area contributed by atoms with Crippen molar-refractivity contribution in [1.82, 2.24) is 20.1 Å². The average molecular weight is 328 g/mol. The summed E-state index contributed by atoms with van der Waals surface area (Å²) in [7, 11) is 0. The van der Waals surface area contributed by atoms with E-state index in [9.17, 15) is 9.90 Å². The number of pyridine rings is 1. The Hall–Kier alpha value is -2.54. The average Bonchev–Trinajstić information content (AvgIpc) is 3.02. The molecule has 2 aromatic heterocycles. The molecule has 1 saturated heterocycles. The molecule has 7 nitrogen and oxygen atoms in total. The van der Waals surface area contributed by atoms with E-state index in [2.05, 4.69) is 21.8 Å². The number of carbonyl (C=O) groups excluding carboxylic acids is 1. The number of carbonyl (C=O) groups is 1. The maximum atomic E-state index is 12.2. The summed E-state index contributed by atoms with van der Waals surface area (Å²) in [4.78, 5) is 18.0. The maximum absolute atomic E-state index is 12.2. The third kappa shape index (κ3) is 3.07. The summed E-state index contributed by atoms with van der Waals surface area (Å²) in [6, 6.07) is 5.46. The van der Waals surface area contributed by atoms with Gasteiger partial charge in [0, 0.05) is 19.3 Å². The smallest absolute Gasteiger partial charge is 0.266 e. The second kappa shape index (κ2) is 5.83. The molecule has 1 fully saturated rings. The van der Waals surface area contributed by atoms with Crippen LogP contribution in [0.2, 0.25) is 0 Å². The number of hydrogen-bond donors (Lipinski definition) is 1. The highest BCUT2D eigenvalue weighted by atomic mass is 16.4. The molecule has 0 spiro atoms. The van der Waals surface area contributed by atoms with Crippen molar-refractivity contribution in [2.45, 2.75) is 31.3 Å². The molecule has 1 atom stereocenters. The van der Waals surface area contributed by atoms with Crippen LogP contribution in [0.3, 0.4) is 0 Å². The van der Waals surface area contributed by atoms with Gasteiger partial charge in [0.25, 0.3) is 5.89 Å². The summed E-state index contributed by atoms with van der Waals surface area (Å²) in [6.07, 6.45) is 3.05. The number of likely N-dealkylation sites (tertiary alicyclic amines) is 1. The summed E-state index contributed by atoms with van der Waals surface area (Å²) >= 11 is 0. The predicted octanol–water partition coefficient (Wildman–Crippen LogP) is 1.56. The molecular formula is C17H20N4O3. The monoisotopic (exact) mass is 328 g/mol. The van der Waals surface area contributed by atoms with E-state index < -0.39 is 5.60 Å². The Bertz CT molecular complexity index is 748. The number of rotatable bonds is 5. The van der Waals surface area contributed by atoms with Crippen LogP contribution in [0.15, 0.2) is 41.5 Å². The first-order chi connectivity index (χ1) is 11.3. The quantitative estimate of drug-likeness (QED) is 0.837. The Kier molecular flexibility index (Phi) is 3.96. The minimum absolute atomic E-state index is 0.00952. The lowest BCUT2D eigenvalue weighted by atomic mass is 9.81. The first-order valence-corrected chi connectivity index (χ1v) is 7.72. The molecule has 1 amide bonds. The van der Waals surface area contributed by atoms with E-state index >= 15 is 0 Å². The first-order valence-electron chi connectivity index (χ1n) is 7.72. The molecule has 24 heavy (non-hydrogen) atoms. The molecular weight excluding hydrogens is 308 g/mol. The van der Waals surface area contributed by atoms with E-state index in [1.807, 2.05) is 19.1 Å². The number of aliphatic hydroxyl groups is 1. The fourth-order valence-corrected chi connectivity index (χ4v) is 2.66. The van der Waals surface area contributed by atoms with Gasteiger partial charge in [-0.05, 0) is 26.0 Å². The van der Waals surface area contributed by atoms with Gasteiger partial charge in [0.05, 0.1) is 17.4 Å². The minimum Gasteiger partial charge on any atom is -0.419 e. The van der Waals surface area contributed by atoms with Crippen molar-refractivity contribution in [3.05, 3.63) is 42.9 Å². The second-order valence-corrected chi connectivity index (χ2v) is 6.68. The Labute approximate surface area is 140 Å². The highest BCUT2D eigenvalue weighted by Gasteiger charge is 2.47. The summed E-state index contributed by atoms with van der Waals surface area (Å²) in [5, 5.41) is 18.1. The molecule has 7 heteroatoms. The second-order valence-electron chi connectivity index (χ2n) is 6.68. The van der Waals surface area contributed by atoms with E-state index in [1.165, 1.54) is 6.08 Å². The topological polar surface area (TPSA) is 92.3 Å². The van der Waals surface area contributed by atoms with Gasteiger partial charge in [0.15, 0.2) is 0 Å². The zero-order valence-electron chi connectivity index (χ0n) is 13.8. The zero-order chi connectivity index (χ0) is 17.4. The van der Waals surface area contributed by atoms with Crippen molar-refractivity contribution in [2.75, 3.05) is 13.1 Å². The van der Waals surface area contributed by atoms with Gasteiger partial charge in [0.1, 0.15) is 5.69 Å². The standard InChI is InChI=1S/C17H20N4O3/c1-4-17(3,23)9-13(22)21-10-16(2,11-21)15-20-19-14(24-15)12-7-5-6-8-18-12/h4-8,23H,1,9-11H2,2-3H3. The summed E-state index contributed by atoms with van der Waals surface area (Å²) in [6.45, 7) is 8.02. The fourth-order valence-electron chi connectivity index (χ4n) is 2.66. The number of nitrogens with zero attached hydrogens (tertiary/aromatic N) is 4. The van der Waals surface area contributed by atoms with E-state index in [1.54, 1.807) is 24.1 Å². The lowest BCUT2D eigenvalue weighted by molar-refractivity contribution is -0.142. The van der Waals surface area contributed by atoms with E-state index in [-0.39, 0.29) is 17.7 Å². The third-order valence-corrected chi connectivity index (χ3v) is 4.21. The minimum atomic E-state index is -1.19. The SMILES string of the molecule is C=CC(C)(O)CC(=O)N1CC(C)(c2nnc(-c3ccccn3)o2)C1. The predicted molar refractivity (Wildman–Crippen MR) is 86.9 cm³/mol. The van der Waals surface area contributed by atoms with Crippen LogP contribution in [0.5, 0.6) is 0 Å². The van der Waals surface area contributed by atoms with E-state index in [4.69, 9.17) is 4.42 Å². The number of amides is 1. The van der Waals surface area contributed by atoms with Gasteiger partial charge in [0.2, 0.25) is 11.8 Å². The van der Waals surface area contributed by atoms with E-state index in [0.29, 0.717) is 30.6 Å². The fraction of sp³-hybridized carbons (Fsp3) is 0.412. The number of hydrogen-bond acceptors (Lipinski definition) is 6. The van der Waals surface area contributed by atoms with Crippen LogP contribution in [-0.4, -0.2) is 49.8 Å². The van der Waals surface area contributed by atoms with Gasteiger partial charge in [-0.25, -0.2) is 0 Å². The van der Waals surface area contributed by atoms with Crippen LogP contribution in [0, 0.1) is 0 Å². The Balaban J connectivity index is 1.66. The van der Waals surface area contributed by atoms with Crippen molar-refractivity contribution in [3.63, 3.8) is 0 Å². The van der Waals surface area contributed by atoms with Crippen LogP contribution >= 0.6 is 0 Å². The number of aromatic nitrogens is 3.